The Labute approximate surface area is 121 Å². The average molecular weight is 279 g/mol. The van der Waals surface area contributed by atoms with E-state index < -0.39 is 0 Å². The molecule has 1 N–H and O–H groups in total. The Hall–Kier alpha value is -2.95. The summed E-state index contributed by atoms with van der Waals surface area (Å²) in [6.45, 7) is 1.79. The quantitative estimate of drug-likeness (QED) is 0.798. The van der Waals surface area contributed by atoms with Crippen LogP contribution in [0.5, 0.6) is 0 Å². The van der Waals surface area contributed by atoms with E-state index in [1.165, 1.54) is 0 Å². The number of carbonyl (C=O) groups is 1. The zero-order chi connectivity index (χ0) is 14.7. The standard InChI is InChI=1S/C16H13N3O2/c1-11-7-8-14(21-11)16(20)19-13-9-17-15(18-10-13)12-5-3-2-4-6-12/h2-10H,1H3,(H,19,20). The van der Waals surface area contributed by atoms with Crippen LogP contribution in [-0.4, -0.2) is 15.9 Å². The first-order valence-electron chi connectivity index (χ1n) is 6.47. The summed E-state index contributed by atoms with van der Waals surface area (Å²) in [5, 5.41) is 2.69. The van der Waals surface area contributed by atoms with Crippen molar-refractivity contribution in [2.24, 2.45) is 0 Å². The van der Waals surface area contributed by atoms with Gasteiger partial charge < -0.3 is 9.73 Å². The van der Waals surface area contributed by atoms with Crippen LogP contribution in [0.4, 0.5) is 5.69 Å². The molecule has 0 aliphatic heterocycles. The minimum atomic E-state index is -0.320. The Morgan fingerprint density at radius 2 is 1.76 bits per heavy atom. The van der Waals surface area contributed by atoms with Crippen LogP contribution in [0.3, 0.4) is 0 Å². The Kier molecular flexibility index (Phi) is 3.47. The van der Waals surface area contributed by atoms with Crippen molar-refractivity contribution in [3.63, 3.8) is 0 Å². The van der Waals surface area contributed by atoms with Crippen LogP contribution in [0.15, 0.2) is 59.3 Å². The highest BCUT2D eigenvalue weighted by Gasteiger charge is 2.10. The molecule has 0 fully saturated rings. The second kappa shape index (κ2) is 5.58. The predicted molar refractivity (Wildman–Crippen MR) is 78.9 cm³/mol. The minimum Gasteiger partial charge on any atom is -0.456 e. The molecule has 2 heterocycles. The monoisotopic (exact) mass is 279 g/mol. The van der Waals surface area contributed by atoms with Crippen molar-refractivity contribution in [1.29, 1.82) is 0 Å². The van der Waals surface area contributed by atoms with Crippen molar-refractivity contribution in [2.75, 3.05) is 5.32 Å². The van der Waals surface area contributed by atoms with E-state index in [4.69, 9.17) is 4.42 Å². The molecule has 0 aliphatic rings. The molecule has 0 saturated heterocycles. The first-order valence-corrected chi connectivity index (χ1v) is 6.47. The fraction of sp³-hybridized carbons (Fsp3) is 0.0625. The molecular weight excluding hydrogens is 266 g/mol. The van der Waals surface area contributed by atoms with Crippen LogP contribution >= 0.6 is 0 Å². The fourth-order valence-corrected chi connectivity index (χ4v) is 1.88. The van der Waals surface area contributed by atoms with Crippen LogP contribution < -0.4 is 5.32 Å². The van der Waals surface area contributed by atoms with E-state index in [2.05, 4.69) is 15.3 Å². The summed E-state index contributed by atoms with van der Waals surface area (Å²) in [4.78, 5) is 20.4. The van der Waals surface area contributed by atoms with Gasteiger partial charge in [-0.1, -0.05) is 30.3 Å². The largest absolute Gasteiger partial charge is 0.456 e. The van der Waals surface area contributed by atoms with E-state index >= 15 is 0 Å². The molecular formula is C16H13N3O2. The van der Waals surface area contributed by atoms with Crippen molar-refractivity contribution < 1.29 is 9.21 Å². The molecule has 0 radical (unpaired) electrons. The Balaban J connectivity index is 1.74. The van der Waals surface area contributed by atoms with Crippen molar-refractivity contribution in [3.8, 4) is 11.4 Å². The Morgan fingerprint density at radius 3 is 2.38 bits per heavy atom. The van der Waals surface area contributed by atoms with Gasteiger partial charge in [0.05, 0.1) is 18.1 Å². The number of carbonyl (C=O) groups excluding carboxylic acids is 1. The molecule has 21 heavy (non-hydrogen) atoms. The lowest BCUT2D eigenvalue weighted by Crippen LogP contribution is -2.11. The molecule has 0 bridgehead atoms. The van der Waals surface area contributed by atoms with Gasteiger partial charge in [-0.25, -0.2) is 9.97 Å². The van der Waals surface area contributed by atoms with Gasteiger partial charge in [0.1, 0.15) is 5.76 Å². The number of anilines is 1. The maximum absolute atomic E-state index is 11.9. The van der Waals surface area contributed by atoms with E-state index in [0.29, 0.717) is 17.3 Å². The summed E-state index contributed by atoms with van der Waals surface area (Å²) in [7, 11) is 0. The summed E-state index contributed by atoms with van der Waals surface area (Å²) in [6.07, 6.45) is 3.14. The van der Waals surface area contributed by atoms with Crippen molar-refractivity contribution >= 4 is 11.6 Å². The first-order chi connectivity index (χ1) is 10.2. The van der Waals surface area contributed by atoms with Crippen molar-refractivity contribution in [3.05, 3.63) is 66.4 Å². The summed E-state index contributed by atoms with van der Waals surface area (Å²) >= 11 is 0. The number of aromatic nitrogens is 2. The summed E-state index contributed by atoms with van der Waals surface area (Å²) in [5.74, 6) is 1.25. The lowest BCUT2D eigenvalue weighted by Gasteiger charge is -2.04. The normalized spacial score (nSPS) is 10.3. The van der Waals surface area contributed by atoms with Gasteiger partial charge in [-0.2, -0.15) is 0 Å². The number of furan rings is 1. The summed E-state index contributed by atoms with van der Waals surface area (Å²) in [5.41, 5.74) is 1.45. The van der Waals surface area contributed by atoms with Crippen LogP contribution in [0, 0.1) is 6.92 Å². The molecule has 3 rings (SSSR count). The molecule has 0 aliphatic carbocycles. The van der Waals surface area contributed by atoms with E-state index in [9.17, 15) is 4.79 Å². The van der Waals surface area contributed by atoms with Crippen LogP contribution in [0.25, 0.3) is 11.4 Å². The van der Waals surface area contributed by atoms with Gasteiger partial charge in [-0.3, -0.25) is 4.79 Å². The molecule has 3 aromatic rings. The third-order valence-corrected chi connectivity index (χ3v) is 2.91. The highest BCUT2D eigenvalue weighted by molar-refractivity contribution is 6.02. The van der Waals surface area contributed by atoms with Gasteiger partial charge in [0, 0.05) is 5.56 Å². The minimum absolute atomic E-state index is 0.264. The lowest BCUT2D eigenvalue weighted by molar-refractivity contribution is 0.0995. The highest BCUT2D eigenvalue weighted by atomic mass is 16.3. The summed E-state index contributed by atoms with van der Waals surface area (Å²) in [6, 6.07) is 13.0. The van der Waals surface area contributed by atoms with Gasteiger partial charge >= 0.3 is 0 Å². The van der Waals surface area contributed by atoms with E-state index in [-0.39, 0.29) is 11.7 Å². The number of nitrogens with one attached hydrogen (secondary N) is 1. The van der Waals surface area contributed by atoms with Gasteiger partial charge in [-0.15, -0.1) is 0 Å². The number of benzene rings is 1. The SMILES string of the molecule is Cc1ccc(C(=O)Nc2cnc(-c3ccccc3)nc2)o1. The molecule has 104 valence electrons. The number of aryl methyl sites for hydroxylation is 1. The highest BCUT2D eigenvalue weighted by Crippen LogP contribution is 2.15. The van der Waals surface area contributed by atoms with Crippen molar-refractivity contribution in [2.45, 2.75) is 6.92 Å². The van der Waals surface area contributed by atoms with Crippen molar-refractivity contribution in [1.82, 2.24) is 9.97 Å². The van der Waals surface area contributed by atoms with E-state index in [1.807, 2.05) is 30.3 Å². The smallest absolute Gasteiger partial charge is 0.291 e. The second-order valence-electron chi connectivity index (χ2n) is 4.53. The first kappa shape index (κ1) is 13.1. The van der Waals surface area contributed by atoms with Gasteiger partial charge in [-0.05, 0) is 19.1 Å². The lowest BCUT2D eigenvalue weighted by atomic mass is 10.2. The second-order valence-corrected chi connectivity index (χ2v) is 4.53. The average Bonchev–Trinajstić information content (AvgIpc) is 2.96. The topological polar surface area (TPSA) is 68.0 Å². The predicted octanol–water partition coefficient (Wildman–Crippen LogP) is 3.30. The van der Waals surface area contributed by atoms with Crippen LogP contribution in [-0.2, 0) is 0 Å². The van der Waals surface area contributed by atoms with Gasteiger partial charge in [0.2, 0.25) is 0 Å². The zero-order valence-electron chi connectivity index (χ0n) is 11.4. The third kappa shape index (κ3) is 2.97. The summed E-state index contributed by atoms with van der Waals surface area (Å²) < 4.78 is 5.26. The Morgan fingerprint density at radius 1 is 1.05 bits per heavy atom. The van der Waals surface area contributed by atoms with Crippen LogP contribution in [0.2, 0.25) is 0 Å². The van der Waals surface area contributed by atoms with Gasteiger partial charge in [0.15, 0.2) is 11.6 Å². The molecule has 5 heteroatoms. The van der Waals surface area contributed by atoms with Gasteiger partial charge in [0.25, 0.3) is 5.91 Å². The maximum Gasteiger partial charge on any atom is 0.291 e. The molecule has 1 aromatic carbocycles. The molecule has 2 aromatic heterocycles. The molecule has 0 saturated carbocycles. The number of amides is 1. The van der Waals surface area contributed by atoms with Crippen LogP contribution in [0.1, 0.15) is 16.3 Å². The molecule has 0 atom stereocenters. The fourth-order valence-electron chi connectivity index (χ4n) is 1.88. The van der Waals surface area contributed by atoms with E-state index in [1.54, 1.807) is 31.5 Å². The third-order valence-electron chi connectivity index (χ3n) is 2.91. The molecule has 0 unspecified atom stereocenters. The number of rotatable bonds is 3. The van der Waals surface area contributed by atoms with E-state index in [0.717, 1.165) is 5.56 Å². The molecule has 1 amide bonds. The maximum atomic E-state index is 11.9. The molecule has 5 nitrogen and oxygen atoms in total. The number of hydrogen-bond acceptors (Lipinski definition) is 4. The molecule has 0 spiro atoms. The number of nitrogens with zero attached hydrogens (tertiary/aromatic N) is 2. The number of hydrogen-bond donors (Lipinski definition) is 1. The zero-order valence-corrected chi connectivity index (χ0v) is 11.4. The Bertz CT molecular complexity index is 749.